The summed E-state index contributed by atoms with van der Waals surface area (Å²) in [6, 6.07) is 11.4. The van der Waals surface area contributed by atoms with Crippen molar-refractivity contribution in [2.24, 2.45) is 0 Å². The SMILES string of the molecule is CCC[C@H](C)NC(=O)COC(=O)c1ccc(-n2c(C)ccc2C)cc1. The van der Waals surface area contributed by atoms with E-state index in [0.717, 1.165) is 29.9 Å². The van der Waals surface area contributed by atoms with Crippen molar-refractivity contribution in [3.8, 4) is 5.69 Å². The highest BCUT2D eigenvalue weighted by molar-refractivity contribution is 5.91. The molecule has 5 nitrogen and oxygen atoms in total. The molecule has 134 valence electrons. The van der Waals surface area contributed by atoms with Crippen LogP contribution in [0.2, 0.25) is 0 Å². The molecule has 0 unspecified atom stereocenters. The van der Waals surface area contributed by atoms with E-state index in [2.05, 4.69) is 28.9 Å². The Morgan fingerprint density at radius 2 is 1.68 bits per heavy atom. The Balaban J connectivity index is 1.94. The molecular weight excluding hydrogens is 316 g/mol. The Hall–Kier alpha value is -2.56. The fourth-order valence-electron chi connectivity index (χ4n) is 2.86. The van der Waals surface area contributed by atoms with E-state index in [1.165, 1.54) is 0 Å². The summed E-state index contributed by atoms with van der Waals surface area (Å²) in [5, 5.41) is 2.81. The molecule has 5 heteroatoms. The summed E-state index contributed by atoms with van der Waals surface area (Å²) >= 11 is 0. The maximum atomic E-state index is 12.1. The van der Waals surface area contributed by atoms with Gasteiger partial charge in [0, 0.05) is 23.1 Å². The average Bonchev–Trinajstić information content (AvgIpc) is 2.91. The highest BCUT2D eigenvalue weighted by atomic mass is 16.5. The molecule has 1 atom stereocenters. The van der Waals surface area contributed by atoms with Gasteiger partial charge in [-0.15, -0.1) is 0 Å². The summed E-state index contributed by atoms with van der Waals surface area (Å²) in [5.74, 6) is -0.768. The number of hydrogen-bond donors (Lipinski definition) is 1. The molecule has 0 saturated heterocycles. The number of ether oxygens (including phenoxy) is 1. The van der Waals surface area contributed by atoms with Gasteiger partial charge < -0.3 is 14.6 Å². The van der Waals surface area contributed by atoms with Crippen LogP contribution in [0.5, 0.6) is 0 Å². The monoisotopic (exact) mass is 342 g/mol. The summed E-state index contributed by atoms with van der Waals surface area (Å²) in [7, 11) is 0. The summed E-state index contributed by atoms with van der Waals surface area (Å²) in [5.41, 5.74) is 3.68. The molecule has 1 aromatic carbocycles. The third kappa shape index (κ3) is 4.95. The van der Waals surface area contributed by atoms with Crippen molar-refractivity contribution in [1.82, 2.24) is 9.88 Å². The van der Waals surface area contributed by atoms with Gasteiger partial charge >= 0.3 is 5.97 Å². The van der Waals surface area contributed by atoms with Crippen LogP contribution in [-0.2, 0) is 9.53 Å². The van der Waals surface area contributed by atoms with Gasteiger partial charge in [-0.3, -0.25) is 4.79 Å². The number of aryl methyl sites for hydroxylation is 2. The Bertz CT molecular complexity index is 712. The Kier molecular flexibility index (Phi) is 6.39. The molecule has 0 aliphatic heterocycles. The smallest absolute Gasteiger partial charge is 0.338 e. The zero-order valence-electron chi connectivity index (χ0n) is 15.3. The van der Waals surface area contributed by atoms with E-state index in [0.29, 0.717) is 5.56 Å². The molecule has 0 fully saturated rings. The Morgan fingerprint density at radius 3 is 2.24 bits per heavy atom. The Morgan fingerprint density at radius 1 is 1.08 bits per heavy atom. The van der Waals surface area contributed by atoms with Crippen LogP contribution < -0.4 is 5.32 Å². The first kappa shape index (κ1) is 18.8. The molecule has 1 N–H and O–H groups in total. The number of carbonyl (C=O) groups excluding carboxylic acids is 2. The van der Waals surface area contributed by atoms with E-state index in [-0.39, 0.29) is 18.6 Å². The molecule has 0 spiro atoms. The van der Waals surface area contributed by atoms with Gasteiger partial charge in [0.15, 0.2) is 6.61 Å². The second-order valence-corrected chi connectivity index (χ2v) is 6.33. The fraction of sp³-hybridized carbons (Fsp3) is 0.400. The number of hydrogen-bond acceptors (Lipinski definition) is 3. The second kappa shape index (κ2) is 8.51. The molecule has 25 heavy (non-hydrogen) atoms. The predicted octanol–water partition coefficient (Wildman–Crippen LogP) is 3.56. The van der Waals surface area contributed by atoms with E-state index in [9.17, 15) is 9.59 Å². The molecule has 1 heterocycles. The standard InChI is InChI=1S/C20H26N2O3/c1-5-6-14(2)21-19(23)13-25-20(24)17-9-11-18(12-10-17)22-15(3)7-8-16(22)4/h7-12,14H,5-6,13H2,1-4H3,(H,21,23)/t14-/m0/s1. The van der Waals surface area contributed by atoms with Crippen molar-refractivity contribution in [2.75, 3.05) is 6.61 Å². The summed E-state index contributed by atoms with van der Waals surface area (Å²) < 4.78 is 7.20. The van der Waals surface area contributed by atoms with E-state index in [4.69, 9.17) is 4.74 Å². The van der Waals surface area contributed by atoms with Gasteiger partial charge in [-0.05, 0) is 63.6 Å². The molecule has 0 aliphatic rings. The zero-order valence-corrected chi connectivity index (χ0v) is 15.3. The van der Waals surface area contributed by atoms with Crippen LogP contribution in [-0.4, -0.2) is 29.1 Å². The van der Waals surface area contributed by atoms with Crippen LogP contribution in [0.1, 0.15) is 48.4 Å². The Labute approximate surface area is 149 Å². The van der Waals surface area contributed by atoms with Crippen molar-refractivity contribution < 1.29 is 14.3 Å². The minimum atomic E-state index is -0.495. The van der Waals surface area contributed by atoms with Gasteiger partial charge in [-0.25, -0.2) is 4.79 Å². The molecular formula is C20H26N2O3. The van der Waals surface area contributed by atoms with Crippen LogP contribution in [0.15, 0.2) is 36.4 Å². The van der Waals surface area contributed by atoms with E-state index < -0.39 is 5.97 Å². The number of amides is 1. The first-order chi connectivity index (χ1) is 11.9. The lowest BCUT2D eigenvalue weighted by molar-refractivity contribution is -0.124. The van der Waals surface area contributed by atoms with Crippen molar-refractivity contribution >= 4 is 11.9 Å². The van der Waals surface area contributed by atoms with Crippen LogP contribution in [0, 0.1) is 13.8 Å². The molecule has 2 rings (SSSR count). The summed E-state index contributed by atoms with van der Waals surface area (Å²) in [4.78, 5) is 23.8. The van der Waals surface area contributed by atoms with E-state index in [1.807, 2.05) is 32.9 Å². The number of esters is 1. The zero-order chi connectivity index (χ0) is 18.4. The maximum Gasteiger partial charge on any atom is 0.338 e. The molecule has 0 aliphatic carbocycles. The fourth-order valence-corrected chi connectivity index (χ4v) is 2.86. The number of aromatic nitrogens is 1. The van der Waals surface area contributed by atoms with Gasteiger partial charge in [0.05, 0.1) is 5.56 Å². The van der Waals surface area contributed by atoms with Crippen molar-refractivity contribution in [2.45, 2.75) is 46.6 Å². The highest BCUT2D eigenvalue weighted by Crippen LogP contribution is 2.17. The van der Waals surface area contributed by atoms with Gasteiger partial charge in [0.1, 0.15) is 0 Å². The van der Waals surface area contributed by atoms with Gasteiger partial charge in [0.25, 0.3) is 5.91 Å². The van der Waals surface area contributed by atoms with Gasteiger partial charge in [0.2, 0.25) is 0 Å². The second-order valence-electron chi connectivity index (χ2n) is 6.33. The summed E-state index contributed by atoms with van der Waals surface area (Å²) in [6.07, 6.45) is 1.90. The van der Waals surface area contributed by atoms with Gasteiger partial charge in [-0.1, -0.05) is 13.3 Å². The van der Waals surface area contributed by atoms with Crippen molar-refractivity contribution in [1.29, 1.82) is 0 Å². The number of nitrogens with one attached hydrogen (secondary N) is 1. The molecule has 0 bridgehead atoms. The largest absolute Gasteiger partial charge is 0.452 e. The lowest BCUT2D eigenvalue weighted by atomic mass is 10.2. The van der Waals surface area contributed by atoms with Crippen LogP contribution in [0.25, 0.3) is 5.69 Å². The molecule has 1 aromatic heterocycles. The lowest BCUT2D eigenvalue weighted by Gasteiger charge is -2.13. The lowest BCUT2D eigenvalue weighted by Crippen LogP contribution is -2.35. The number of benzene rings is 1. The molecule has 0 radical (unpaired) electrons. The maximum absolute atomic E-state index is 12.1. The number of rotatable bonds is 7. The highest BCUT2D eigenvalue weighted by Gasteiger charge is 2.12. The third-order valence-corrected chi connectivity index (χ3v) is 4.10. The summed E-state index contributed by atoms with van der Waals surface area (Å²) in [6.45, 7) is 7.81. The van der Waals surface area contributed by atoms with Gasteiger partial charge in [-0.2, -0.15) is 0 Å². The van der Waals surface area contributed by atoms with E-state index >= 15 is 0 Å². The predicted molar refractivity (Wildman–Crippen MR) is 98.0 cm³/mol. The molecule has 0 saturated carbocycles. The van der Waals surface area contributed by atoms with Crippen LogP contribution in [0.3, 0.4) is 0 Å². The number of carbonyl (C=O) groups is 2. The van der Waals surface area contributed by atoms with Crippen molar-refractivity contribution in [3.63, 3.8) is 0 Å². The van der Waals surface area contributed by atoms with Crippen molar-refractivity contribution in [3.05, 3.63) is 53.3 Å². The van der Waals surface area contributed by atoms with E-state index in [1.54, 1.807) is 12.1 Å². The minimum absolute atomic E-state index is 0.0866. The first-order valence-corrected chi connectivity index (χ1v) is 8.64. The molecule has 1 amide bonds. The minimum Gasteiger partial charge on any atom is -0.452 e. The van der Waals surface area contributed by atoms with Crippen LogP contribution in [0.4, 0.5) is 0 Å². The molecule has 2 aromatic rings. The van der Waals surface area contributed by atoms with Crippen LogP contribution >= 0.6 is 0 Å². The first-order valence-electron chi connectivity index (χ1n) is 8.64. The topological polar surface area (TPSA) is 60.3 Å². The normalized spacial score (nSPS) is 11.8. The third-order valence-electron chi connectivity index (χ3n) is 4.10. The average molecular weight is 342 g/mol. The quantitative estimate of drug-likeness (QED) is 0.783. The number of nitrogens with zero attached hydrogens (tertiary/aromatic N) is 1.